The van der Waals surface area contributed by atoms with Gasteiger partial charge in [-0.25, -0.2) is 4.39 Å². The first-order chi connectivity index (χ1) is 7.27. The lowest BCUT2D eigenvalue weighted by Crippen LogP contribution is -2.05. The zero-order valence-electron chi connectivity index (χ0n) is 7.45. The van der Waals surface area contributed by atoms with Crippen LogP contribution in [0.3, 0.4) is 0 Å². The molecule has 1 aromatic carbocycles. The molecule has 0 aliphatic heterocycles. The summed E-state index contributed by atoms with van der Waals surface area (Å²) in [6, 6.07) is 4.50. The number of nitrogens with zero attached hydrogens (tertiary/aromatic N) is 1. The zero-order chi connectivity index (χ0) is 10.4. The van der Waals surface area contributed by atoms with E-state index >= 15 is 0 Å². The molecular weight excluding hydrogens is 199 g/mol. The van der Waals surface area contributed by atoms with E-state index in [1.165, 1.54) is 12.3 Å². The van der Waals surface area contributed by atoms with Crippen LogP contribution in [0.5, 0.6) is 0 Å². The van der Waals surface area contributed by atoms with Crippen LogP contribution in [-0.2, 0) is 0 Å². The van der Waals surface area contributed by atoms with Crippen LogP contribution in [0.4, 0.5) is 4.39 Å². The van der Waals surface area contributed by atoms with E-state index in [1.807, 2.05) is 0 Å². The molecule has 3 aromatic rings. The third kappa shape index (κ3) is 0.999. The maximum atomic E-state index is 13.4. The largest absolute Gasteiger partial charge is 0.355 e. The van der Waals surface area contributed by atoms with Crippen molar-refractivity contribution in [1.82, 2.24) is 10.1 Å². The maximum absolute atomic E-state index is 13.4. The number of benzene rings is 1. The van der Waals surface area contributed by atoms with E-state index in [4.69, 9.17) is 4.52 Å². The van der Waals surface area contributed by atoms with E-state index in [-0.39, 0.29) is 5.52 Å². The summed E-state index contributed by atoms with van der Waals surface area (Å²) in [5.74, 6) is -0.483. The van der Waals surface area contributed by atoms with Gasteiger partial charge in [0.25, 0.3) is 5.56 Å². The number of para-hydroxylation sites is 1. The summed E-state index contributed by atoms with van der Waals surface area (Å²) in [5.41, 5.74) is 0.0591. The van der Waals surface area contributed by atoms with Gasteiger partial charge in [0.15, 0.2) is 5.58 Å². The Kier molecular flexibility index (Phi) is 1.45. The Bertz CT molecular complexity index is 714. The number of halogens is 1. The second kappa shape index (κ2) is 2.66. The monoisotopic (exact) mass is 204 g/mol. The topological polar surface area (TPSA) is 58.9 Å². The second-order valence-corrected chi connectivity index (χ2v) is 3.19. The number of aromatic nitrogens is 2. The van der Waals surface area contributed by atoms with Crippen LogP contribution in [0, 0.1) is 5.82 Å². The normalized spacial score (nSPS) is 11.3. The minimum absolute atomic E-state index is 0.145. The van der Waals surface area contributed by atoms with Crippen molar-refractivity contribution in [3.63, 3.8) is 0 Å². The molecule has 0 fully saturated rings. The highest BCUT2D eigenvalue weighted by Gasteiger charge is 2.11. The molecule has 0 radical (unpaired) electrons. The Hall–Kier alpha value is -2.17. The predicted molar refractivity (Wildman–Crippen MR) is 52.1 cm³/mol. The zero-order valence-corrected chi connectivity index (χ0v) is 7.45. The quantitative estimate of drug-likeness (QED) is 0.607. The predicted octanol–water partition coefficient (Wildman–Crippen LogP) is 1.81. The highest BCUT2D eigenvalue weighted by Crippen LogP contribution is 2.21. The third-order valence-electron chi connectivity index (χ3n) is 2.31. The van der Waals surface area contributed by atoms with E-state index in [1.54, 1.807) is 12.1 Å². The van der Waals surface area contributed by atoms with Crippen LogP contribution in [0.1, 0.15) is 0 Å². The molecule has 0 amide bonds. The van der Waals surface area contributed by atoms with E-state index in [0.717, 1.165) is 0 Å². The molecule has 15 heavy (non-hydrogen) atoms. The van der Waals surface area contributed by atoms with Crippen molar-refractivity contribution < 1.29 is 8.91 Å². The Morgan fingerprint density at radius 1 is 1.33 bits per heavy atom. The Morgan fingerprint density at radius 3 is 3.07 bits per heavy atom. The molecular formula is C10H5FN2O2. The summed E-state index contributed by atoms with van der Waals surface area (Å²) in [4.78, 5) is 13.9. The van der Waals surface area contributed by atoms with Crippen molar-refractivity contribution in [2.75, 3.05) is 0 Å². The Labute approximate surface area is 82.3 Å². The molecule has 0 spiro atoms. The van der Waals surface area contributed by atoms with E-state index < -0.39 is 11.4 Å². The first-order valence-electron chi connectivity index (χ1n) is 4.32. The second-order valence-electron chi connectivity index (χ2n) is 3.19. The molecule has 5 heteroatoms. The number of hydrogen-bond acceptors (Lipinski definition) is 3. The van der Waals surface area contributed by atoms with Gasteiger partial charge in [0, 0.05) is 5.39 Å². The summed E-state index contributed by atoms with van der Waals surface area (Å²) >= 11 is 0. The van der Waals surface area contributed by atoms with Crippen LogP contribution in [-0.4, -0.2) is 10.1 Å². The molecule has 0 bridgehead atoms. The number of hydrogen-bond donors (Lipinski definition) is 1. The fourth-order valence-electron chi connectivity index (χ4n) is 1.62. The first-order valence-corrected chi connectivity index (χ1v) is 4.32. The molecule has 2 heterocycles. The Balaban J connectivity index is 2.72. The summed E-state index contributed by atoms with van der Waals surface area (Å²) in [6.45, 7) is 0. The highest BCUT2D eigenvalue weighted by molar-refractivity contribution is 6.01. The Morgan fingerprint density at radius 2 is 2.20 bits per heavy atom. The van der Waals surface area contributed by atoms with Gasteiger partial charge >= 0.3 is 0 Å². The molecule has 0 saturated carbocycles. The number of pyridine rings is 1. The van der Waals surface area contributed by atoms with Gasteiger partial charge in [-0.1, -0.05) is 11.2 Å². The molecule has 74 valence electrons. The van der Waals surface area contributed by atoms with Gasteiger partial charge in [0.05, 0.1) is 11.7 Å². The molecule has 2 aromatic heterocycles. The first kappa shape index (κ1) is 8.16. The minimum Gasteiger partial charge on any atom is -0.355 e. The van der Waals surface area contributed by atoms with Crippen LogP contribution in [0.25, 0.3) is 21.9 Å². The van der Waals surface area contributed by atoms with Crippen molar-refractivity contribution in [2.45, 2.75) is 0 Å². The smallest absolute Gasteiger partial charge is 0.261 e. The molecule has 0 saturated heterocycles. The van der Waals surface area contributed by atoms with Gasteiger partial charge in [-0.3, -0.25) is 4.79 Å². The molecule has 0 unspecified atom stereocenters. The SMILES string of the molecule is O=c1[nH]c2c(F)cccc2c2oncc12. The summed E-state index contributed by atoms with van der Waals surface area (Å²) in [5, 5.41) is 4.37. The van der Waals surface area contributed by atoms with Gasteiger partial charge in [-0.15, -0.1) is 0 Å². The highest BCUT2D eigenvalue weighted by atomic mass is 19.1. The van der Waals surface area contributed by atoms with E-state index in [2.05, 4.69) is 10.1 Å². The van der Waals surface area contributed by atoms with Crippen molar-refractivity contribution >= 4 is 21.9 Å². The lowest BCUT2D eigenvalue weighted by molar-refractivity contribution is 0.458. The fraction of sp³-hybridized carbons (Fsp3) is 0. The number of rotatable bonds is 0. The number of H-pyrrole nitrogens is 1. The van der Waals surface area contributed by atoms with Crippen molar-refractivity contribution in [2.24, 2.45) is 0 Å². The van der Waals surface area contributed by atoms with Crippen LogP contribution in [0.15, 0.2) is 33.7 Å². The molecule has 0 aliphatic rings. The van der Waals surface area contributed by atoms with E-state index in [9.17, 15) is 9.18 Å². The van der Waals surface area contributed by atoms with Crippen molar-refractivity contribution in [3.05, 3.63) is 40.6 Å². The summed E-state index contributed by atoms with van der Waals surface area (Å²) < 4.78 is 18.3. The average molecular weight is 204 g/mol. The maximum Gasteiger partial charge on any atom is 0.261 e. The number of aromatic amines is 1. The van der Waals surface area contributed by atoms with Crippen LogP contribution < -0.4 is 5.56 Å². The molecule has 0 atom stereocenters. The number of nitrogens with one attached hydrogen (secondary N) is 1. The molecule has 4 nitrogen and oxygen atoms in total. The molecule has 1 N–H and O–H groups in total. The lowest BCUT2D eigenvalue weighted by atomic mass is 10.2. The van der Waals surface area contributed by atoms with Crippen LogP contribution in [0.2, 0.25) is 0 Å². The van der Waals surface area contributed by atoms with Crippen molar-refractivity contribution in [3.8, 4) is 0 Å². The van der Waals surface area contributed by atoms with Gasteiger partial charge in [0.2, 0.25) is 0 Å². The van der Waals surface area contributed by atoms with Gasteiger partial charge < -0.3 is 9.51 Å². The van der Waals surface area contributed by atoms with Gasteiger partial charge in [0.1, 0.15) is 11.2 Å². The van der Waals surface area contributed by atoms with Gasteiger partial charge in [-0.05, 0) is 12.1 Å². The fourth-order valence-corrected chi connectivity index (χ4v) is 1.62. The lowest BCUT2D eigenvalue weighted by Gasteiger charge is -1.98. The summed E-state index contributed by atoms with van der Waals surface area (Å²) in [7, 11) is 0. The summed E-state index contributed by atoms with van der Waals surface area (Å²) in [6.07, 6.45) is 1.32. The standard InChI is InChI=1S/C10H5FN2O2/c11-7-3-1-2-5-8(7)13-10(14)6-4-12-15-9(5)6/h1-4H,(H,13,14). The van der Waals surface area contributed by atoms with Gasteiger partial charge in [-0.2, -0.15) is 0 Å². The van der Waals surface area contributed by atoms with E-state index in [0.29, 0.717) is 16.4 Å². The van der Waals surface area contributed by atoms with Crippen molar-refractivity contribution in [1.29, 1.82) is 0 Å². The number of fused-ring (bicyclic) bond motifs is 3. The molecule has 3 rings (SSSR count). The van der Waals surface area contributed by atoms with Crippen LogP contribution >= 0.6 is 0 Å². The third-order valence-corrected chi connectivity index (χ3v) is 2.31. The average Bonchev–Trinajstić information content (AvgIpc) is 2.69. The minimum atomic E-state index is -0.483. The molecule has 0 aliphatic carbocycles.